The standard InChI is InChI=1S/C14H27N3O4/c1-8(2)5-10(15)13(19)16-7-12(18)17-11(14(20)21)6-9(3)4/h8-11H,5-7,15H2,1-4H3,(H,16,19)(H,17,18)(H,20,21)/t10-,11-/m1/s1. The Morgan fingerprint density at radius 3 is 2.00 bits per heavy atom. The van der Waals surface area contributed by atoms with Gasteiger partial charge in [-0.25, -0.2) is 4.79 Å². The van der Waals surface area contributed by atoms with Crippen LogP contribution in [0.2, 0.25) is 0 Å². The normalized spacial score (nSPS) is 13.9. The average molecular weight is 301 g/mol. The molecule has 0 bridgehead atoms. The van der Waals surface area contributed by atoms with Crippen molar-refractivity contribution in [1.82, 2.24) is 10.6 Å². The molecule has 0 aromatic carbocycles. The summed E-state index contributed by atoms with van der Waals surface area (Å²) in [5, 5.41) is 13.8. The van der Waals surface area contributed by atoms with Crippen molar-refractivity contribution in [3.63, 3.8) is 0 Å². The molecule has 0 rings (SSSR count). The van der Waals surface area contributed by atoms with Crippen molar-refractivity contribution in [2.24, 2.45) is 17.6 Å². The summed E-state index contributed by atoms with van der Waals surface area (Å²) in [7, 11) is 0. The summed E-state index contributed by atoms with van der Waals surface area (Å²) in [5.74, 6) is -1.61. The molecule has 122 valence electrons. The van der Waals surface area contributed by atoms with Gasteiger partial charge in [-0.05, 0) is 24.7 Å². The number of carboxylic acids is 1. The smallest absolute Gasteiger partial charge is 0.326 e. The zero-order chi connectivity index (χ0) is 16.6. The Kier molecular flexibility index (Phi) is 8.61. The van der Waals surface area contributed by atoms with E-state index in [1.54, 1.807) is 0 Å². The molecule has 0 radical (unpaired) electrons. The third kappa shape index (κ3) is 9.01. The van der Waals surface area contributed by atoms with Crippen LogP contribution in [0.4, 0.5) is 0 Å². The van der Waals surface area contributed by atoms with Crippen LogP contribution in [0, 0.1) is 11.8 Å². The zero-order valence-electron chi connectivity index (χ0n) is 13.2. The number of rotatable bonds is 9. The predicted molar refractivity (Wildman–Crippen MR) is 79.5 cm³/mol. The molecular formula is C14H27N3O4. The summed E-state index contributed by atoms with van der Waals surface area (Å²) < 4.78 is 0. The van der Waals surface area contributed by atoms with Gasteiger partial charge < -0.3 is 21.5 Å². The van der Waals surface area contributed by atoms with E-state index in [0.29, 0.717) is 12.8 Å². The largest absolute Gasteiger partial charge is 0.480 e. The van der Waals surface area contributed by atoms with E-state index in [9.17, 15) is 14.4 Å². The van der Waals surface area contributed by atoms with Crippen LogP contribution in [0.3, 0.4) is 0 Å². The fourth-order valence-corrected chi connectivity index (χ4v) is 1.85. The molecule has 7 heteroatoms. The third-order valence-corrected chi connectivity index (χ3v) is 2.83. The van der Waals surface area contributed by atoms with Gasteiger partial charge in [0.15, 0.2) is 0 Å². The number of carboxylic acid groups (broad SMARTS) is 1. The van der Waals surface area contributed by atoms with Gasteiger partial charge >= 0.3 is 5.97 Å². The zero-order valence-corrected chi connectivity index (χ0v) is 13.2. The molecule has 0 aliphatic carbocycles. The first-order valence-electron chi connectivity index (χ1n) is 7.18. The molecule has 5 N–H and O–H groups in total. The molecule has 0 aliphatic rings. The summed E-state index contributed by atoms with van der Waals surface area (Å²) in [5.41, 5.74) is 5.68. The van der Waals surface area contributed by atoms with Gasteiger partial charge in [0.2, 0.25) is 11.8 Å². The molecule has 0 fully saturated rings. The highest BCUT2D eigenvalue weighted by Crippen LogP contribution is 2.05. The van der Waals surface area contributed by atoms with Crippen molar-refractivity contribution in [3.8, 4) is 0 Å². The molecule has 7 nitrogen and oxygen atoms in total. The number of carbonyl (C=O) groups is 3. The Morgan fingerprint density at radius 1 is 1.05 bits per heavy atom. The van der Waals surface area contributed by atoms with Crippen molar-refractivity contribution in [3.05, 3.63) is 0 Å². The number of aliphatic carboxylic acids is 1. The van der Waals surface area contributed by atoms with Gasteiger partial charge in [0.1, 0.15) is 6.04 Å². The fourth-order valence-electron chi connectivity index (χ4n) is 1.85. The van der Waals surface area contributed by atoms with Gasteiger partial charge in [0.25, 0.3) is 0 Å². The number of hydrogen-bond donors (Lipinski definition) is 4. The van der Waals surface area contributed by atoms with Crippen LogP contribution in [-0.4, -0.2) is 41.5 Å². The van der Waals surface area contributed by atoms with Crippen LogP contribution in [-0.2, 0) is 14.4 Å². The topological polar surface area (TPSA) is 122 Å². The summed E-state index contributed by atoms with van der Waals surface area (Å²) in [6.45, 7) is 7.36. The number of carbonyl (C=O) groups excluding carboxylic acids is 2. The van der Waals surface area contributed by atoms with Crippen molar-refractivity contribution in [2.75, 3.05) is 6.54 Å². The molecule has 0 heterocycles. The van der Waals surface area contributed by atoms with Crippen LogP contribution in [0.15, 0.2) is 0 Å². The second-order valence-electron chi connectivity index (χ2n) is 6.04. The van der Waals surface area contributed by atoms with Crippen LogP contribution < -0.4 is 16.4 Å². The lowest BCUT2D eigenvalue weighted by Crippen LogP contribution is -2.49. The minimum Gasteiger partial charge on any atom is -0.480 e. The van der Waals surface area contributed by atoms with Crippen LogP contribution in [0.1, 0.15) is 40.5 Å². The second-order valence-corrected chi connectivity index (χ2v) is 6.04. The van der Waals surface area contributed by atoms with E-state index in [2.05, 4.69) is 10.6 Å². The summed E-state index contributed by atoms with van der Waals surface area (Å²) in [4.78, 5) is 34.3. The first-order chi connectivity index (χ1) is 9.63. The monoisotopic (exact) mass is 301 g/mol. The number of nitrogens with one attached hydrogen (secondary N) is 2. The Bertz CT molecular complexity index is 369. The lowest BCUT2D eigenvalue weighted by Gasteiger charge is -2.17. The first-order valence-corrected chi connectivity index (χ1v) is 7.18. The van der Waals surface area contributed by atoms with E-state index >= 15 is 0 Å². The van der Waals surface area contributed by atoms with Crippen molar-refractivity contribution < 1.29 is 19.5 Å². The van der Waals surface area contributed by atoms with Gasteiger partial charge in [0, 0.05) is 0 Å². The van der Waals surface area contributed by atoms with Gasteiger partial charge in [0.05, 0.1) is 12.6 Å². The molecule has 0 saturated heterocycles. The predicted octanol–water partition coefficient (Wildman–Crippen LogP) is 0.0915. The Balaban J connectivity index is 4.24. The first kappa shape index (κ1) is 19.4. The maximum absolute atomic E-state index is 11.7. The molecule has 0 aromatic rings. The van der Waals surface area contributed by atoms with E-state index in [1.165, 1.54) is 0 Å². The van der Waals surface area contributed by atoms with Crippen LogP contribution >= 0.6 is 0 Å². The van der Waals surface area contributed by atoms with E-state index in [-0.39, 0.29) is 18.4 Å². The number of hydrogen-bond acceptors (Lipinski definition) is 4. The highest BCUT2D eigenvalue weighted by molar-refractivity contribution is 5.89. The molecule has 0 unspecified atom stereocenters. The molecule has 2 atom stereocenters. The minimum absolute atomic E-state index is 0.139. The number of amides is 2. The maximum Gasteiger partial charge on any atom is 0.326 e. The molecule has 0 aliphatic heterocycles. The van der Waals surface area contributed by atoms with Gasteiger partial charge in [-0.15, -0.1) is 0 Å². The molecule has 2 amide bonds. The summed E-state index contributed by atoms with van der Waals surface area (Å²) >= 11 is 0. The quantitative estimate of drug-likeness (QED) is 0.481. The van der Waals surface area contributed by atoms with E-state index in [4.69, 9.17) is 10.8 Å². The van der Waals surface area contributed by atoms with Gasteiger partial charge in [-0.1, -0.05) is 27.7 Å². The van der Waals surface area contributed by atoms with Crippen LogP contribution in [0.5, 0.6) is 0 Å². The van der Waals surface area contributed by atoms with Gasteiger partial charge in [-0.2, -0.15) is 0 Å². The van der Waals surface area contributed by atoms with Crippen molar-refractivity contribution >= 4 is 17.8 Å². The Labute approximate surface area is 125 Å². The molecule has 0 aromatic heterocycles. The highest BCUT2D eigenvalue weighted by atomic mass is 16.4. The summed E-state index contributed by atoms with van der Waals surface area (Å²) in [6.07, 6.45) is 0.862. The Hall–Kier alpha value is -1.63. The third-order valence-electron chi connectivity index (χ3n) is 2.83. The minimum atomic E-state index is -1.08. The SMILES string of the molecule is CC(C)C[C@@H](N)C(=O)NCC(=O)N[C@H](CC(C)C)C(=O)O. The maximum atomic E-state index is 11.7. The van der Waals surface area contributed by atoms with Gasteiger partial charge in [-0.3, -0.25) is 9.59 Å². The lowest BCUT2D eigenvalue weighted by atomic mass is 10.0. The number of nitrogens with two attached hydrogens (primary N) is 1. The van der Waals surface area contributed by atoms with E-state index < -0.39 is 29.9 Å². The van der Waals surface area contributed by atoms with Crippen LogP contribution in [0.25, 0.3) is 0 Å². The highest BCUT2D eigenvalue weighted by Gasteiger charge is 2.22. The molecule has 0 spiro atoms. The van der Waals surface area contributed by atoms with E-state index in [0.717, 1.165) is 0 Å². The van der Waals surface area contributed by atoms with Crippen molar-refractivity contribution in [1.29, 1.82) is 0 Å². The molecular weight excluding hydrogens is 274 g/mol. The Morgan fingerprint density at radius 2 is 1.57 bits per heavy atom. The second kappa shape index (κ2) is 9.33. The lowest BCUT2D eigenvalue weighted by molar-refractivity contribution is -0.142. The fraction of sp³-hybridized carbons (Fsp3) is 0.786. The van der Waals surface area contributed by atoms with Crippen molar-refractivity contribution in [2.45, 2.75) is 52.6 Å². The molecule has 0 saturated carbocycles. The average Bonchev–Trinajstić information content (AvgIpc) is 2.33. The molecule has 21 heavy (non-hydrogen) atoms. The van der Waals surface area contributed by atoms with E-state index in [1.807, 2.05) is 27.7 Å². The summed E-state index contributed by atoms with van der Waals surface area (Å²) in [6, 6.07) is -1.61.